The van der Waals surface area contributed by atoms with Gasteiger partial charge in [0, 0.05) is 6.04 Å². The third-order valence-electron chi connectivity index (χ3n) is 3.21. The number of hydrogen-bond donors (Lipinski definition) is 1. The van der Waals surface area contributed by atoms with Gasteiger partial charge in [-0.3, -0.25) is 0 Å². The minimum Gasteiger partial charge on any atom is -0.376 e. The molecule has 0 aromatic heterocycles. The van der Waals surface area contributed by atoms with E-state index in [1.165, 1.54) is 19.3 Å². The van der Waals surface area contributed by atoms with Crippen LogP contribution in [0.25, 0.3) is 0 Å². The molecular formula is C12H25NO. The largest absolute Gasteiger partial charge is 0.376 e. The maximum absolute atomic E-state index is 5.76. The predicted octanol–water partition coefficient (Wildman–Crippen LogP) is 2.58. The standard InChI is InChI=1S/C12H25NO/c1-5-12(13-6-2)11-7-9(3)14-10(4)8-11/h9-13H,5-8H2,1-4H3. The average Bonchev–Trinajstić information content (AvgIpc) is 2.12. The topological polar surface area (TPSA) is 21.3 Å². The van der Waals surface area contributed by atoms with Gasteiger partial charge in [-0.05, 0) is 45.6 Å². The van der Waals surface area contributed by atoms with Gasteiger partial charge in [0.1, 0.15) is 0 Å². The second-order valence-corrected chi connectivity index (χ2v) is 4.56. The molecule has 3 atom stereocenters. The summed E-state index contributed by atoms with van der Waals surface area (Å²) in [6, 6.07) is 0.689. The van der Waals surface area contributed by atoms with E-state index in [1.807, 2.05) is 0 Å². The summed E-state index contributed by atoms with van der Waals surface area (Å²) in [6.45, 7) is 9.94. The smallest absolute Gasteiger partial charge is 0.0553 e. The highest BCUT2D eigenvalue weighted by Crippen LogP contribution is 2.28. The van der Waals surface area contributed by atoms with Crippen LogP contribution in [-0.2, 0) is 4.74 Å². The molecule has 84 valence electrons. The highest BCUT2D eigenvalue weighted by molar-refractivity contribution is 4.82. The van der Waals surface area contributed by atoms with Crippen LogP contribution in [0.15, 0.2) is 0 Å². The zero-order chi connectivity index (χ0) is 10.6. The van der Waals surface area contributed by atoms with Crippen molar-refractivity contribution in [3.8, 4) is 0 Å². The molecule has 1 rings (SSSR count). The predicted molar refractivity (Wildman–Crippen MR) is 60.5 cm³/mol. The van der Waals surface area contributed by atoms with E-state index >= 15 is 0 Å². The lowest BCUT2D eigenvalue weighted by Crippen LogP contribution is -2.42. The number of hydrogen-bond acceptors (Lipinski definition) is 2. The van der Waals surface area contributed by atoms with E-state index in [9.17, 15) is 0 Å². The minimum atomic E-state index is 0.441. The molecule has 0 spiro atoms. The quantitative estimate of drug-likeness (QED) is 0.751. The molecule has 1 fully saturated rings. The Bertz CT molecular complexity index is 150. The lowest BCUT2D eigenvalue weighted by atomic mass is 9.85. The highest BCUT2D eigenvalue weighted by Gasteiger charge is 2.28. The van der Waals surface area contributed by atoms with Crippen LogP contribution in [0, 0.1) is 5.92 Å². The van der Waals surface area contributed by atoms with E-state index in [0.717, 1.165) is 12.5 Å². The Morgan fingerprint density at radius 3 is 2.21 bits per heavy atom. The molecule has 2 heteroatoms. The van der Waals surface area contributed by atoms with Gasteiger partial charge in [-0.25, -0.2) is 0 Å². The Kier molecular flexibility index (Phi) is 4.90. The fourth-order valence-electron chi connectivity index (χ4n) is 2.69. The molecule has 1 aliphatic rings. The van der Waals surface area contributed by atoms with Crippen LogP contribution in [0.3, 0.4) is 0 Å². The second kappa shape index (κ2) is 5.72. The van der Waals surface area contributed by atoms with Crippen molar-refractivity contribution < 1.29 is 4.74 Å². The summed E-state index contributed by atoms with van der Waals surface area (Å²) in [7, 11) is 0. The van der Waals surface area contributed by atoms with E-state index < -0.39 is 0 Å². The van der Waals surface area contributed by atoms with Crippen molar-refractivity contribution in [1.29, 1.82) is 0 Å². The van der Waals surface area contributed by atoms with Crippen LogP contribution in [-0.4, -0.2) is 24.8 Å². The molecule has 0 amide bonds. The van der Waals surface area contributed by atoms with E-state index in [0.29, 0.717) is 18.2 Å². The normalized spacial score (nSPS) is 35.6. The lowest BCUT2D eigenvalue weighted by molar-refractivity contribution is -0.0589. The Morgan fingerprint density at radius 2 is 1.79 bits per heavy atom. The summed E-state index contributed by atoms with van der Waals surface area (Å²) in [5, 5.41) is 3.59. The van der Waals surface area contributed by atoms with E-state index in [4.69, 9.17) is 4.74 Å². The fourth-order valence-corrected chi connectivity index (χ4v) is 2.69. The van der Waals surface area contributed by atoms with Gasteiger partial charge < -0.3 is 10.1 Å². The Morgan fingerprint density at radius 1 is 1.21 bits per heavy atom. The van der Waals surface area contributed by atoms with Gasteiger partial charge >= 0.3 is 0 Å². The molecule has 1 N–H and O–H groups in total. The fraction of sp³-hybridized carbons (Fsp3) is 1.00. The summed E-state index contributed by atoms with van der Waals surface area (Å²) < 4.78 is 5.76. The van der Waals surface area contributed by atoms with E-state index in [2.05, 4.69) is 33.0 Å². The third kappa shape index (κ3) is 3.25. The SMILES string of the molecule is CCNC(CC)C1CC(C)OC(C)C1. The van der Waals surface area contributed by atoms with Gasteiger partial charge in [0.2, 0.25) is 0 Å². The molecule has 3 unspecified atom stereocenters. The molecule has 0 bridgehead atoms. The first kappa shape index (κ1) is 12.0. The summed E-state index contributed by atoms with van der Waals surface area (Å²) in [5.74, 6) is 0.804. The van der Waals surface area contributed by atoms with Crippen LogP contribution in [0.2, 0.25) is 0 Å². The van der Waals surface area contributed by atoms with Crippen LogP contribution in [0.1, 0.15) is 47.0 Å². The highest BCUT2D eigenvalue weighted by atomic mass is 16.5. The molecule has 0 radical (unpaired) electrons. The molecule has 14 heavy (non-hydrogen) atoms. The summed E-state index contributed by atoms with van der Waals surface area (Å²) >= 11 is 0. The van der Waals surface area contributed by atoms with Crippen molar-refractivity contribution in [3.63, 3.8) is 0 Å². The second-order valence-electron chi connectivity index (χ2n) is 4.56. The Labute approximate surface area is 88.4 Å². The first-order chi connectivity index (χ1) is 6.67. The zero-order valence-corrected chi connectivity index (χ0v) is 10.0. The molecular weight excluding hydrogens is 174 g/mol. The molecule has 2 nitrogen and oxygen atoms in total. The minimum absolute atomic E-state index is 0.441. The van der Waals surface area contributed by atoms with Gasteiger partial charge in [0.15, 0.2) is 0 Å². The third-order valence-corrected chi connectivity index (χ3v) is 3.21. The number of nitrogens with one attached hydrogen (secondary N) is 1. The van der Waals surface area contributed by atoms with Gasteiger partial charge in [-0.1, -0.05) is 13.8 Å². The van der Waals surface area contributed by atoms with Gasteiger partial charge in [0.25, 0.3) is 0 Å². The molecule has 1 aliphatic heterocycles. The van der Waals surface area contributed by atoms with Crippen molar-refractivity contribution in [3.05, 3.63) is 0 Å². The summed E-state index contributed by atoms with van der Waals surface area (Å²) in [6.07, 6.45) is 4.55. The summed E-state index contributed by atoms with van der Waals surface area (Å²) in [5.41, 5.74) is 0. The monoisotopic (exact) mass is 199 g/mol. The maximum Gasteiger partial charge on any atom is 0.0553 e. The molecule has 0 aromatic carbocycles. The molecule has 1 heterocycles. The van der Waals surface area contributed by atoms with Crippen molar-refractivity contribution in [2.75, 3.05) is 6.54 Å². The van der Waals surface area contributed by atoms with E-state index in [1.54, 1.807) is 0 Å². The summed E-state index contributed by atoms with van der Waals surface area (Å²) in [4.78, 5) is 0. The number of rotatable bonds is 4. The Balaban J connectivity index is 2.47. The van der Waals surface area contributed by atoms with Gasteiger partial charge in [-0.15, -0.1) is 0 Å². The van der Waals surface area contributed by atoms with Crippen LogP contribution in [0.4, 0.5) is 0 Å². The van der Waals surface area contributed by atoms with Crippen molar-refractivity contribution in [2.24, 2.45) is 5.92 Å². The van der Waals surface area contributed by atoms with Crippen LogP contribution < -0.4 is 5.32 Å². The molecule has 1 saturated heterocycles. The Hall–Kier alpha value is -0.0800. The van der Waals surface area contributed by atoms with E-state index in [-0.39, 0.29) is 0 Å². The first-order valence-corrected chi connectivity index (χ1v) is 6.06. The van der Waals surface area contributed by atoms with Gasteiger partial charge in [-0.2, -0.15) is 0 Å². The lowest BCUT2D eigenvalue weighted by Gasteiger charge is -2.36. The molecule has 0 aromatic rings. The molecule has 0 saturated carbocycles. The van der Waals surface area contributed by atoms with Crippen LogP contribution in [0.5, 0.6) is 0 Å². The van der Waals surface area contributed by atoms with Crippen molar-refractivity contribution in [2.45, 2.75) is 65.2 Å². The van der Waals surface area contributed by atoms with Crippen molar-refractivity contribution >= 4 is 0 Å². The maximum atomic E-state index is 5.76. The first-order valence-electron chi connectivity index (χ1n) is 6.06. The average molecular weight is 199 g/mol. The van der Waals surface area contributed by atoms with Gasteiger partial charge in [0.05, 0.1) is 12.2 Å². The van der Waals surface area contributed by atoms with Crippen LogP contribution >= 0.6 is 0 Å². The zero-order valence-electron chi connectivity index (χ0n) is 10.0. The number of ether oxygens (including phenoxy) is 1. The molecule has 0 aliphatic carbocycles. The van der Waals surface area contributed by atoms with Crippen molar-refractivity contribution in [1.82, 2.24) is 5.32 Å².